The average Bonchev–Trinajstić information content (AvgIpc) is 2.85. The number of allylic oxidation sites excluding steroid dienone is 1. The molecular weight excluding hydrogens is 279 g/mol. The largest absolute Gasteiger partial charge is 0.489 e. The first-order valence-corrected chi connectivity index (χ1v) is 7.58. The zero-order valence-corrected chi connectivity index (χ0v) is 12.5. The molecule has 0 bridgehead atoms. The van der Waals surface area contributed by atoms with E-state index in [9.17, 15) is 10.0 Å². The summed E-state index contributed by atoms with van der Waals surface area (Å²) in [5.74, 6) is 0. The van der Waals surface area contributed by atoms with Crippen molar-refractivity contribution < 1.29 is 10.0 Å². The second kappa shape index (κ2) is 5.49. The van der Waals surface area contributed by atoms with Crippen LogP contribution in [0.4, 0.5) is 0 Å². The van der Waals surface area contributed by atoms with Crippen LogP contribution in [0.15, 0.2) is 43.0 Å². The lowest BCUT2D eigenvalue weighted by atomic mass is 9.75. The zero-order valence-electron chi connectivity index (χ0n) is 11.7. The molecule has 0 aliphatic rings. The first kappa shape index (κ1) is 14.1. The second-order valence-electron chi connectivity index (χ2n) is 4.84. The Morgan fingerprint density at radius 2 is 1.90 bits per heavy atom. The molecule has 0 aliphatic heterocycles. The highest BCUT2D eigenvalue weighted by molar-refractivity contribution is 7.26. The Bertz CT molecular complexity index is 862. The van der Waals surface area contributed by atoms with Crippen molar-refractivity contribution in [2.75, 3.05) is 0 Å². The lowest BCUT2D eigenvalue weighted by molar-refractivity contribution is 0.426. The van der Waals surface area contributed by atoms with Crippen LogP contribution in [0.25, 0.3) is 32.3 Å². The van der Waals surface area contributed by atoms with Crippen molar-refractivity contribution in [2.24, 2.45) is 0 Å². The Labute approximate surface area is 127 Å². The minimum atomic E-state index is -1.50. The van der Waals surface area contributed by atoms with E-state index in [-0.39, 0.29) is 0 Å². The van der Waals surface area contributed by atoms with Crippen LogP contribution in [0.2, 0.25) is 0 Å². The van der Waals surface area contributed by atoms with Crippen molar-refractivity contribution in [1.29, 1.82) is 0 Å². The summed E-state index contributed by atoms with van der Waals surface area (Å²) >= 11 is 1.66. The van der Waals surface area contributed by atoms with Gasteiger partial charge in [-0.25, -0.2) is 0 Å². The maximum atomic E-state index is 9.65. The molecule has 0 saturated carbocycles. The van der Waals surface area contributed by atoms with E-state index in [1.54, 1.807) is 17.4 Å². The maximum absolute atomic E-state index is 9.65. The standard InChI is InChI=1S/C17H15BO2S/c1-3-7-12-11(4-2)14(18(19)20)10-16-17(12)13-8-5-6-9-15(13)21-16/h3-10,19-20H,2H2,1H3/b7-3-. The van der Waals surface area contributed by atoms with Crippen molar-refractivity contribution >= 4 is 56.2 Å². The molecule has 2 N–H and O–H groups in total. The van der Waals surface area contributed by atoms with Gasteiger partial charge in [0, 0.05) is 20.2 Å². The van der Waals surface area contributed by atoms with Gasteiger partial charge in [-0.3, -0.25) is 0 Å². The van der Waals surface area contributed by atoms with Gasteiger partial charge in [-0.2, -0.15) is 0 Å². The fourth-order valence-electron chi connectivity index (χ4n) is 2.73. The Kier molecular flexibility index (Phi) is 3.68. The normalized spacial score (nSPS) is 11.6. The van der Waals surface area contributed by atoms with Crippen LogP contribution in [0.1, 0.15) is 18.1 Å². The minimum absolute atomic E-state index is 0.497. The highest BCUT2D eigenvalue weighted by Gasteiger charge is 2.20. The molecule has 4 heteroatoms. The van der Waals surface area contributed by atoms with Gasteiger partial charge in [-0.05, 0) is 35.6 Å². The zero-order chi connectivity index (χ0) is 15.0. The van der Waals surface area contributed by atoms with E-state index in [1.807, 2.05) is 37.3 Å². The highest BCUT2D eigenvalue weighted by atomic mass is 32.1. The van der Waals surface area contributed by atoms with E-state index in [1.165, 1.54) is 10.1 Å². The number of hydrogen-bond acceptors (Lipinski definition) is 3. The predicted molar refractivity (Wildman–Crippen MR) is 94.0 cm³/mol. The summed E-state index contributed by atoms with van der Waals surface area (Å²) in [5.41, 5.74) is 2.27. The van der Waals surface area contributed by atoms with Crippen molar-refractivity contribution in [2.45, 2.75) is 6.92 Å². The van der Waals surface area contributed by atoms with E-state index in [4.69, 9.17) is 0 Å². The molecule has 2 nitrogen and oxygen atoms in total. The summed E-state index contributed by atoms with van der Waals surface area (Å²) in [6.45, 7) is 5.79. The quantitative estimate of drug-likeness (QED) is 0.727. The molecule has 1 heterocycles. The fourth-order valence-corrected chi connectivity index (χ4v) is 3.91. The van der Waals surface area contributed by atoms with Crippen LogP contribution in [0.3, 0.4) is 0 Å². The Morgan fingerprint density at radius 1 is 1.14 bits per heavy atom. The van der Waals surface area contributed by atoms with Crippen LogP contribution in [0, 0.1) is 0 Å². The van der Waals surface area contributed by atoms with Gasteiger partial charge in [0.1, 0.15) is 0 Å². The van der Waals surface area contributed by atoms with E-state index in [0.717, 1.165) is 21.2 Å². The molecule has 104 valence electrons. The molecule has 2 aromatic carbocycles. The summed E-state index contributed by atoms with van der Waals surface area (Å²) in [7, 11) is -1.50. The van der Waals surface area contributed by atoms with E-state index >= 15 is 0 Å². The number of rotatable bonds is 3. The van der Waals surface area contributed by atoms with Gasteiger partial charge >= 0.3 is 7.12 Å². The first-order valence-electron chi connectivity index (χ1n) is 6.76. The molecule has 1 aromatic heterocycles. The van der Waals surface area contributed by atoms with Crippen LogP contribution in [-0.4, -0.2) is 17.2 Å². The third kappa shape index (κ3) is 2.22. The van der Waals surface area contributed by atoms with Gasteiger partial charge in [0.25, 0.3) is 0 Å². The van der Waals surface area contributed by atoms with Crippen LogP contribution in [-0.2, 0) is 0 Å². The topological polar surface area (TPSA) is 40.5 Å². The molecular formula is C17H15BO2S. The molecule has 0 spiro atoms. The monoisotopic (exact) mass is 294 g/mol. The van der Waals surface area contributed by atoms with Crippen molar-refractivity contribution in [3.05, 3.63) is 54.1 Å². The van der Waals surface area contributed by atoms with Crippen molar-refractivity contribution in [3.8, 4) is 0 Å². The predicted octanol–water partition coefficient (Wildman–Crippen LogP) is 3.41. The first-order chi connectivity index (χ1) is 10.2. The molecule has 0 fully saturated rings. The van der Waals surface area contributed by atoms with Gasteiger partial charge in [-0.1, -0.05) is 43.0 Å². The molecule has 0 aliphatic carbocycles. The minimum Gasteiger partial charge on any atom is -0.423 e. The Morgan fingerprint density at radius 3 is 2.57 bits per heavy atom. The van der Waals surface area contributed by atoms with Gasteiger partial charge in [0.15, 0.2) is 0 Å². The van der Waals surface area contributed by atoms with Crippen molar-refractivity contribution in [3.63, 3.8) is 0 Å². The summed E-state index contributed by atoms with van der Waals surface area (Å²) in [5, 5.41) is 21.6. The SMILES string of the molecule is C=Cc1c(B(O)O)cc2sc3ccccc3c2c1/C=C\C. The summed E-state index contributed by atoms with van der Waals surface area (Å²) in [6, 6.07) is 10.1. The number of thiophene rings is 1. The van der Waals surface area contributed by atoms with Crippen LogP contribution >= 0.6 is 11.3 Å². The number of benzene rings is 2. The molecule has 0 atom stereocenters. The molecule has 0 saturated heterocycles. The summed E-state index contributed by atoms with van der Waals surface area (Å²) in [6.07, 6.45) is 5.65. The molecule has 0 amide bonds. The third-order valence-electron chi connectivity index (χ3n) is 3.60. The lowest BCUT2D eigenvalue weighted by Crippen LogP contribution is -2.32. The Hall–Kier alpha value is -1.88. The van der Waals surface area contributed by atoms with Crippen molar-refractivity contribution in [1.82, 2.24) is 0 Å². The smallest absolute Gasteiger partial charge is 0.423 e. The van der Waals surface area contributed by atoms with E-state index < -0.39 is 7.12 Å². The van der Waals surface area contributed by atoms with Gasteiger partial charge < -0.3 is 10.0 Å². The molecule has 0 radical (unpaired) electrons. The van der Waals surface area contributed by atoms with Crippen LogP contribution in [0.5, 0.6) is 0 Å². The van der Waals surface area contributed by atoms with E-state index in [0.29, 0.717) is 5.46 Å². The maximum Gasteiger partial charge on any atom is 0.489 e. The average molecular weight is 294 g/mol. The fraction of sp³-hybridized carbons (Fsp3) is 0.0588. The van der Waals surface area contributed by atoms with E-state index in [2.05, 4.69) is 18.7 Å². The lowest BCUT2D eigenvalue weighted by Gasteiger charge is -2.11. The summed E-state index contributed by atoms with van der Waals surface area (Å²) < 4.78 is 2.25. The molecule has 3 rings (SSSR count). The van der Waals surface area contributed by atoms with Gasteiger partial charge in [-0.15, -0.1) is 11.3 Å². The number of fused-ring (bicyclic) bond motifs is 3. The third-order valence-corrected chi connectivity index (χ3v) is 4.71. The highest BCUT2D eigenvalue weighted by Crippen LogP contribution is 2.37. The molecule has 3 aromatic rings. The second-order valence-corrected chi connectivity index (χ2v) is 5.93. The summed E-state index contributed by atoms with van der Waals surface area (Å²) in [4.78, 5) is 0. The van der Waals surface area contributed by atoms with Gasteiger partial charge in [0.2, 0.25) is 0 Å². The Balaban J connectivity index is 2.55. The number of hydrogen-bond donors (Lipinski definition) is 2. The molecule has 21 heavy (non-hydrogen) atoms. The van der Waals surface area contributed by atoms with Crippen LogP contribution < -0.4 is 5.46 Å². The molecule has 0 unspecified atom stereocenters. The van der Waals surface area contributed by atoms with Gasteiger partial charge in [0.05, 0.1) is 0 Å².